The third kappa shape index (κ3) is 0.871. The molecule has 60 valence electrons. The average Bonchev–Trinajstić information content (AvgIpc) is 2.12. The lowest BCUT2D eigenvalue weighted by Crippen LogP contribution is -2.14. The zero-order valence-corrected chi connectivity index (χ0v) is 6.40. The van der Waals surface area contributed by atoms with E-state index in [2.05, 4.69) is 12.0 Å². The van der Waals surface area contributed by atoms with E-state index < -0.39 is 0 Å². The van der Waals surface area contributed by atoms with Gasteiger partial charge in [0.05, 0.1) is 0 Å². The summed E-state index contributed by atoms with van der Waals surface area (Å²) in [5, 5.41) is 0. The van der Waals surface area contributed by atoms with Gasteiger partial charge in [0.1, 0.15) is 0 Å². The largest absolute Gasteiger partial charge is 0.446 e. The Morgan fingerprint density at radius 1 is 1.33 bits per heavy atom. The van der Waals surface area contributed by atoms with Crippen LogP contribution >= 0.6 is 0 Å². The molecule has 0 radical (unpaired) electrons. The van der Waals surface area contributed by atoms with Crippen molar-refractivity contribution in [3.05, 3.63) is 47.9 Å². The Hall–Kier alpha value is -1.77. The minimum absolute atomic E-state index is 0.186. The second-order valence-corrected chi connectivity index (χ2v) is 2.51. The number of hydrogen-bond acceptors (Lipinski definition) is 2. The fourth-order valence-electron chi connectivity index (χ4n) is 1.11. The van der Waals surface area contributed by atoms with Crippen molar-refractivity contribution in [2.75, 3.05) is 0 Å². The lowest BCUT2D eigenvalue weighted by molar-refractivity contribution is 1.02. The molecule has 1 heterocycles. The van der Waals surface area contributed by atoms with Gasteiger partial charge >= 0.3 is 0 Å². The molecule has 0 saturated carbocycles. The van der Waals surface area contributed by atoms with Crippen LogP contribution in [0.2, 0.25) is 0 Å². The zero-order chi connectivity index (χ0) is 8.55. The van der Waals surface area contributed by atoms with E-state index in [0.717, 1.165) is 11.0 Å². The molecule has 0 spiro atoms. The highest BCUT2D eigenvalue weighted by atomic mass is 16.1. The molecular formula is C9H7N2O-. The highest BCUT2D eigenvalue weighted by Crippen LogP contribution is 2.06. The Kier molecular flexibility index (Phi) is 1.37. The molecule has 2 aromatic rings. The Balaban J connectivity index is 3.01. The quantitative estimate of drug-likeness (QED) is 0.538. The van der Waals surface area contributed by atoms with Gasteiger partial charge in [0, 0.05) is 11.7 Å². The summed E-state index contributed by atoms with van der Waals surface area (Å²) in [6, 6.07) is 7.39. The van der Waals surface area contributed by atoms with Gasteiger partial charge in [-0.2, -0.15) is 0 Å². The third-order valence-electron chi connectivity index (χ3n) is 1.75. The Labute approximate surface area is 69.3 Å². The van der Waals surface area contributed by atoms with Crippen molar-refractivity contribution >= 4 is 11.0 Å². The van der Waals surface area contributed by atoms with Gasteiger partial charge in [-0.05, 0) is 11.6 Å². The maximum Gasteiger partial charge on any atom is 0.159 e. The van der Waals surface area contributed by atoms with Crippen molar-refractivity contribution in [3.8, 4) is 0 Å². The van der Waals surface area contributed by atoms with Crippen LogP contribution in [0.25, 0.3) is 11.0 Å². The van der Waals surface area contributed by atoms with Crippen molar-refractivity contribution < 1.29 is 0 Å². The second kappa shape index (κ2) is 2.37. The highest BCUT2D eigenvalue weighted by Gasteiger charge is 1.88. The van der Waals surface area contributed by atoms with E-state index in [9.17, 15) is 4.79 Å². The van der Waals surface area contributed by atoms with E-state index in [1.54, 1.807) is 0 Å². The molecule has 3 heteroatoms. The molecule has 0 bridgehead atoms. The van der Waals surface area contributed by atoms with Gasteiger partial charge < -0.3 is 9.36 Å². The van der Waals surface area contributed by atoms with Gasteiger partial charge in [-0.15, -0.1) is 7.05 Å². The van der Waals surface area contributed by atoms with Gasteiger partial charge in [-0.1, -0.05) is 18.2 Å². The molecule has 0 fully saturated rings. The average molecular weight is 159 g/mol. The molecule has 2 rings (SSSR count). The lowest BCUT2D eigenvalue weighted by atomic mass is 10.3. The van der Waals surface area contributed by atoms with Gasteiger partial charge in [-0.3, -0.25) is 4.98 Å². The number of fused-ring (bicyclic) bond motifs is 1. The number of benzene rings is 1. The van der Waals surface area contributed by atoms with E-state index in [1.165, 1.54) is 10.8 Å². The molecule has 0 atom stereocenters. The van der Waals surface area contributed by atoms with Crippen molar-refractivity contribution in [3.63, 3.8) is 0 Å². The van der Waals surface area contributed by atoms with Crippen LogP contribution in [-0.4, -0.2) is 9.55 Å². The smallest absolute Gasteiger partial charge is 0.159 e. The molecule has 12 heavy (non-hydrogen) atoms. The van der Waals surface area contributed by atoms with Crippen LogP contribution in [0.3, 0.4) is 0 Å². The first-order valence-corrected chi connectivity index (χ1v) is 3.57. The minimum Gasteiger partial charge on any atom is -0.446 e. The fraction of sp³-hybridized carbons (Fsp3) is 0. The number of aromatic nitrogens is 2. The molecule has 0 amide bonds. The van der Waals surface area contributed by atoms with Crippen LogP contribution in [0.1, 0.15) is 0 Å². The molecule has 0 aliphatic rings. The molecule has 0 N–H and O–H groups in total. The Bertz CT molecular complexity index is 473. The summed E-state index contributed by atoms with van der Waals surface area (Å²) in [4.78, 5) is 15.0. The first-order chi connectivity index (χ1) is 5.79. The molecule has 0 aliphatic carbocycles. The van der Waals surface area contributed by atoms with E-state index in [-0.39, 0.29) is 5.56 Å². The first-order valence-electron chi connectivity index (χ1n) is 3.57. The zero-order valence-electron chi connectivity index (χ0n) is 6.40. The summed E-state index contributed by atoms with van der Waals surface area (Å²) in [5.41, 5.74) is 1.35. The lowest BCUT2D eigenvalue weighted by Gasteiger charge is -2.10. The number of rotatable bonds is 0. The summed E-state index contributed by atoms with van der Waals surface area (Å²) < 4.78 is 1.34. The summed E-state index contributed by atoms with van der Waals surface area (Å²) in [6.45, 7) is 0. The predicted octanol–water partition coefficient (Wildman–Crippen LogP) is 1.04. The maximum absolute atomic E-state index is 11.1. The molecule has 0 saturated heterocycles. The minimum atomic E-state index is -0.186. The van der Waals surface area contributed by atoms with Gasteiger partial charge in [0.15, 0.2) is 5.56 Å². The standard InChI is InChI=1S/C9H7N2O/c1-11-8-5-3-2-4-7(8)10-6-9(11)12/h2-6H,1H2/q-1. The summed E-state index contributed by atoms with van der Waals surface area (Å²) in [7, 11) is 3.61. The first kappa shape index (κ1) is 6.91. The molecule has 0 aliphatic heterocycles. The summed E-state index contributed by atoms with van der Waals surface area (Å²) in [6.07, 6.45) is 1.27. The molecule has 3 nitrogen and oxygen atoms in total. The molecule has 0 unspecified atom stereocenters. The normalized spacial score (nSPS) is 10.3. The Morgan fingerprint density at radius 2 is 2.08 bits per heavy atom. The predicted molar refractivity (Wildman–Crippen MR) is 46.8 cm³/mol. The van der Waals surface area contributed by atoms with Gasteiger partial charge in [0.2, 0.25) is 0 Å². The van der Waals surface area contributed by atoms with Crippen LogP contribution < -0.4 is 5.56 Å². The molecular weight excluding hydrogens is 152 g/mol. The number of hydrogen-bond donors (Lipinski definition) is 0. The maximum atomic E-state index is 11.1. The van der Waals surface area contributed by atoms with E-state index in [1.807, 2.05) is 24.3 Å². The van der Waals surface area contributed by atoms with Crippen molar-refractivity contribution in [2.24, 2.45) is 0 Å². The van der Waals surface area contributed by atoms with E-state index in [4.69, 9.17) is 0 Å². The van der Waals surface area contributed by atoms with Gasteiger partial charge in [-0.25, -0.2) is 0 Å². The number of para-hydroxylation sites is 2. The van der Waals surface area contributed by atoms with Crippen LogP contribution in [0, 0.1) is 7.05 Å². The summed E-state index contributed by atoms with van der Waals surface area (Å²) in [5.74, 6) is 0. The number of nitrogens with zero attached hydrogens (tertiary/aromatic N) is 2. The van der Waals surface area contributed by atoms with Gasteiger partial charge in [0.25, 0.3) is 0 Å². The van der Waals surface area contributed by atoms with E-state index in [0.29, 0.717) is 0 Å². The third-order valence-corrected chi connectivity index (χ3v) is 1.75. The monoisotopic (exact) mass is 159 g/mol. The van der Waals surface area contributed by atoms with Crippen molar-refractivity contribution in [1.82, 2.24) is 9.55 Å². The SMILES string of the molecule is [CH2-]n1c(=O)cnc2ccccc21. The van der Waals surface area contributed by atoms with Crippen molar-refractivity contribution in [1.29, 1.82) is 0 Å². The summed E-state index contributed by atoms with van der Waals surface area (Å²) >= 11 is 0. The van der Waals surface area contributed by atoms with Crippen LogP contribution in [0.15, 0.2) is 35.3 Å². The fourth-order valence-corrected chi connectivity index (χ4v) is 1.11. The van der Waals surface area contributed by atoms with E-state index >= 15 is 0 Å². The topological polar surface area (TPSA) is 34.9 Å². The van der Waals surface area contributed by atoms with Crippen LogP contribution in [0.5, 0.6) is 0 Å². The second-order valence-electron chi connectivity index (χ2n) is 2.51. The van der Waals surface area contributed by atoms with Crippen LogP contribution in [0.4, 0.5) is 0 Å². The van der Waals surface area contributed by atoms with Crippen LogP contribution in [-0.2, 0) is 0 Å². The highest BCUT2D eigenvalue weighted by molar-refractivity contribution is 5.74. The Morgan fingerprint density at radius 3 is 2.92 bits per heavy atom. The molecule has 1 aromatic carbocycles. The molecule has 1 aromatic heterocycles. The van der Waals surface area contributed by atoms with Crippen molar-refractivity contribution in [2.45, 2.75) is 0 Å².